The van der Waals surface area contributed by atoms with E-state index < -0.39 is 0 Å². The molecule has 0 radical (unpaired) electrons. The van der Waals surface area contributed by atoms with Gasteiger partial charge in [0.25, 0.3) is 0 Å². The van der Waals surface area contributed by atoms with Crippen LogP contribution in [0, 0.1) is 5.92 Å². The molecule has 2 fully saturated rings. The number of nitrogens with zero attached hydrogens (tertiary/aromatic N) is 1. The SMILES string of the molecule is NC(=S)C1CCCCN1C(=O)C1CCOCC1. The molecule has 0 aliphatic carbocycles. The predicted molar refractivity (Wildman–Crippen MR) is 69.7 cm³/mol. The summed E-state index contributed by atoms with van der Waals surface area (Å²) in [6.07, 6.45) is 4.76. The highest BCUT2D eigenvalue weighted by molar-refractivity contribution is 7.80. The van der Waals surface area contributed by atoms with Crippen LogP contribution in [0.15, 0.2) is 0 Å². The quantitative estimate of drug-likeness (QED) is 0.751. The molecule has 96 valence electrons. The number of carbonyl (C=O) groups is 1. The number of amides is 1. The molecular weight excluding hydrogens is 236 g/mol. The normalized spacial score (nSPS) is 26.8. The number of likely N-dealkylation sites (tertiary alicyclic amines) is 1. The lowest BCUT2D eigenvalue weighted by Crippen LogP contribution is -2.52. The first-order chi connectivity index (χ1) is 8.20. The summed E-state index contributed by atoms with van der Waals surface area (Å²) in [6, 6.07) is -0.0194. The van der Waals surface area contributed by atoms with Gasteiger partial charge in [-0.05, 0) is 32.1 Å². The molecule has 1 unspecified atom stereocenters. The minimum atomic E-state index is -0.0194. The molecular formula is C12H20N2O2S. The summed E-state index contributed by atoms with van der Waals surface area (Å²) >= 11 is 5.07. The highest BCUT2D eigenvalue weighted by Crippen LogP contribution is 2.24. The van der Waals surface area contributed by atoms with Crippen molar-refractivity contribution in [3.63, 3.8) is 0 Å². The smallest absolute Gasteiger partial charge is 0.226 e. The molecule has 0 bridgehead atoms. The first kappa shape index (κ1) is 12.8. The zero-order valence-corrected chi connectivity index (χ0v) is 10.9. The Hall–Kier alpha value is -0.680. The lowest BCUT2D eigenvalue weighted by molar-refractivity contribution is -0.140. The van der Waals surface area contributed by atoms with Crippen molar-refractivity contribution in [3.05, 3.63) is 0 Å². The fraction of sp³-hybridized carbons (Fsp3) is 0.833. The van der Waals surface area contributed by atoms with Crippen LogP contribution in [0.2, 0.25) is 0 Å². The molecule has 2 aliphatic heterocycles. The molecule has 17 heavy (non-hydrogen) atoms. The topological polar surface area (TPSA) is 55.6 Å². The number of hydrogen-bond acceptors (Lipinski definition) is 3. The van der Waals surface area contributed by atoms with Crippen LogP contribution in [0.3, 0.4) is 0 Å². The Balaban J connectivity index is 2.02. The molecule has 0 spiro atoms. The fourth-order valence-electron chi connectivity index (χ4n) is 2.67. The number of hydrogen-bond donors (Lipinski definition) is 1. The van der Waals surface area contributed by atoms with Gasteiger partial charge < -0.3 is 15.4 Å². The summed E-state index contributed by atoms with van der Waals surface area (Å²) in [7, 11) is 0. The van der Waals surface area contributed by atoms with Gasteiger partial charge in [0.2, 0.25) is 5.91 Å². The van der Waals surface area contributed by atoms with E-state index in [1.807, 2.05) is 4.90 Å². The van der Waals surface area contributed by atoms with Gasteiger partial charge in [-0.3, -0.25) is 4.79 Å². The number of piperidine rings is 1. The Morgan fingerprint density at radius 2 is 1.94 bits per heavy atom. The maximum atomic E-state index is 12.4. The molecule has 5 heteroatoms. The third-order valence-corrected chi connectivity index (χ3v) is 3.96. The second-order valence-electron chi connectivity index (χ2n) is 4.83. The second-order valence-corrected chi connectivity index (χ2v) is 5.30. The summed E-state index contributed by atoms with van der Waals surface area (Å²) < 4.78 is 5.29. The third kappa shape index (κ3) is 2.96. The molecule has 2 rings (SSSR count). The van der Waals surface area contributed by atoms with Crippen LogP contribution >= 0.6 is 12.2 Å². The van der Waals surface area contributed by atoms with Crippen LogP contribution in [-0.4, -0.2) is 41.6 Å². The first-order valence-electron chi connectivity index (χ1n) is 6.37. The van der Waals surface area contributed by atoms with Crippen LogP contribution < -0.4 is 5.73 Å². The van der Waals surface area contributed by atoms with Gasteiger partial charge >= 0.3 is 0 Å². The molecule has 0 saturated carbocycles. The van der Waals surface area contributed by atoms with Gasteiger partial charge in [0, 0.05) is 25.7 Å². The van der Waals surface area contributed by atoms with Gasteiger partial charge in [-0.1, -0.05) is 12.2 Å². The number of ether oxygens (including phenoxy) is 1. The number of thiocarbonyl (C=S) groups is 1. The van der Waals surface area contributed by atoms with Gasteiger partial charge in [-0.2, -0.15) is 0 Å². The average Bonchev–Trinajstić information content (AvgIpc) is 2.39. The molecule has 2 saturated heterocycles. The van der Waals surface area contributed by atoms with Crippen molar-refractivity contribution in [1.29, 1.82) is 0 Å². The van der Waals surface area contributed by atoms with Crippen LogP contribution in [0.5, 0.6) is 0 Å². The van der Waals surface area contributed by atoms with Gasteiger partial charge in [0.15, 0.2) is 0 Å². The van der Waals surface area contributed by atoms with Crippen LogP contribution in [0.1, 0.15) is 32.1 Å². The largest absolute Gasteiger partial charge is 0.392 e. The Labute approximate surface area is 107 Å². The monoisotopic (exact) mass is 256 g/mol. The zero-order chi connectivity index (χ0) is 12.3. The Kier molecular flexibility index (Phi) is 4.34. The summed E-state index contributed by atoms with van der Waals surface area (Å²) in [5.41, 5.74) is 5.74. The van der Waals surface area contributed by atoms with Crippen molar-refractivity contribution in [1.82, 2.24) is 4.90 Å². The maximum Gasteiger partial charge on any atom is 0.226 e. The molecule has 2 aliphatic rings. The molecule has 4 nitrogen and oxygen atoms in total. The van der Waals surface area contributed by atoms with E-state index in [4.69, 9.17) is 22.7 Å². The van der Waals surface area contributed by atoms with Gasteiger partial charge in [-0.25, -0.2) is 0 Å². The predicted octanol–water partition coefficient (Wildman–Crippen LogP) is 1.08. The van der Waals surface area contributed by atoms with Crippen LogP contribution in [0.4, 0.5) is 0 Å². The van der Waals surface area contributed by atoms with E-state index in [1.165, 1.54) is 0 Å². The molecule has 1 amide bonds. The van der Waals surface area contributed by atoms with E-state index in [0.29, 0.717) is 18.2 Å². The molecule has 0 aromatic carbocycles. The van der Waals surface area contributed by atoms with E-state index in [2.05, 4.69) is 0 Å². The summed E-state index contributed by atoms with van der Waals surface area (Å²) in [4.78, 5) is 14.8. The Morgan fingerprint density at radius 1 is 1.24 bits per heavy atom. The lowest BCUT2D eigenvalue weighted by atomic mass is 9.94. The van der Waals surface area contributed by atoms with Crippen LogP contribution in [0.25, 0.3) is 0 Å². The Bertz CT molecular complexity index is 303. The van der Waals surface area contributed by atoms with Crippen molar-refractivity contribution in [2.24, 2.45) is 11.7 Å². The zero-order valence-electron chi connectivity index (χ0n) is 10.1. The van der Waals surface area contributed by atoms with E-state index in [0.717, 1.165) is 38.6 Å². The van der Waals surface area contributed by atoms with Gasteiger partial charge in [0.1, 0.15) is 0 Å². The number of rotatable bonds is 2. The lowest BCUT2D eigenvalue weighted by Gasteiger charge is -2.38. The minimum absolute atomic E-state index is 0.0194. The first-order valence-corrected chi connectivity index (χ1v) is 6.78. The summed E-state index contributed by atoms with van der Waals surface area (Å²) in [6.45, 7) is 2.20. The summed E-state index contributed by atoms with van der Waals surface area (Å²) in [5.74, 6) is 0.338. The number of carbonyl (C=O) groups excluding carboxylic acids is 1. The minimum Gasteiger partial charge on any atom is -0.392 e. The van der Waals surface area contributed by atoms with Crippen LogP contribution in [-0.2, 0) is 9.53 Å². The van der Waals surface area contributed by atoms with E-state index in [9.17, 15) is 4.79 Å². The fourth-order valence-corrected chi connectivity index (χ4v) is 2.92. The summed E-state index contributed by atoms with van der Waals surface area (Å²) in [5, 5.41) is 0. The van der Waals surface area contributed by atoms with Crippen molar-refractivity contribution < 1.29 is 9.53 Å². The van der Waals surface area contributed by atoms with Gasteiger partial charge in [-0.15, -0.1) is 0 Å². The van der Waals surface area contributed by atoms with Gasteiger partial charge in [0.05, 0.1) is 11.0 Å². The van der Waals surface area contributed by atoms with E-state index in [-0.39, 0.29) is 17.9 Å². The maximum absolute atomic E-state index is 12.4. The molecule has 0 aromatic rings. The standard InChI is InChI=1S/C12H20N2O2S/c13-11(17)10-3-1-2-6-14(10)12(15)9-4-7-16-8-5-9/h9-10H,1-8H2,(H2,13,17). The van der Waals surface area contributed by atoms with Crippen molar-refractivity contribution in [2.45, 2.75) is 38.1 Å². The van der Waals surface area contributed by atoms with E-state index in [1.54, 1.807) is 0 Å². The average molecular weight is 256 g/mol. The van der Waals surface area contributed by atoms with Crippen molar-refractivity contribution in [3.8, 4) is 0 Å². The highest BCUT2D eigenvalue weighted by atomic mass is 32.1. The molecule has 0 aromatic heterocycles. The number of nitrogens with two attached hydrogens (primary N) is 1. The Morgan fingerprint density at radius 3 is 2.59 bits per heavy atom. The van der Waals surface area contributed by atoms with Crippen molar-refractivity contribution >= 4 is 23.1 Å². The molecule has 1 atom stereocenters. The van der Waals surface area contributed by atoms with E-state index >= 15 is 0 Å². The van der Waals surface area contributed by atoms with Crippen molar-refractivity contribution in [2.75, 3.05) is 19.8 Å². The third-order valence-electron chi connectivity index (χ3n) is 3.68. The second kappa shape index (κ2) is 5.78. The highest BCUT2D eigenvalue weighted by Gasteiger charge is 2.33. The molecule has 2 N–H and O–H groups in total. The molecule has 2 heterocycles.